The normalized spacial score (nSPS) is 11.3. The second-order valence-electron chi connectivity index (χ2n) is 6.59. The minimum Gasteiger partial charge on any atom is -0.364 e. The van der Waals surface area contributed by atoms with Crippen LogP contribution < -0.4 is 10.0 Å². The van der Waals surface area contributed by atoms with Crippen LogP contribution in [0.2, 0.25) is 5.02 Å². The van der Waals surface area contributed by atoms with Crippen LogP contribution >= 0.6 is 11.6 Å². The summed E-state index contributed by atoms with van der Waals surface area (Å²) in [5.74, 6) is -0.840. The molecule has 0 aliphatic carbocycles. The summed E-state index contributed by atoms with van der Waals surface area (Å²) >= 11 is 5.99. The topological polar surface area (TPSA) is 104 Å². The zero-order valence-electron chi connectivity index (χ0n) is 15.6. The summed E-state index contributed by atoms with van der Waals surface area (Å²) in [5, 5.41) is 2.91. The fourth-order valence-corrected chi connectivity index (χ4v) is 3.47. The van der Waals surface area contributed by atoms with Crippen molar-refractivity contribution in [1.82, 2.24) is 9.97 Å². The number of halogens is 2. The molecule has 0 spiro atoms. The Kier molecular flexibility index (Phi) is 5.90. The number of aromatic amines is 1. The van der Waals surface area contributed by atoms with Gasteiger partial charge < -0.3 is 10.3 Å². The predicted molar refractivity (Wildman–Crippen MR) is 110 cm³/mol. The van der Waals surface area contributed by atoms with E-state index < -0.39 is 21.7 Å². The van der Waals surface area contributed by atoms with E-state index in [1.54, 1.807) is 19.2 Å². The predicted octanol–water partition coefficient (Wildman–Crippen LogP) is 3.73. The van der Waals surface area contributed by atoms with E-state index in [1.165, 1.54) is 30.5 Å². The number of aryl methyl sites for hydroxylation is 1. The molecule has 0 aliphatic heterocycles. The number of rotatable bonds is 6. The Morgan fingerprint density at radius 3 is 2.62 bits per heavy atom. The molecule has 152 valence electrons. The maximum Gasteiger partial charge on any atom is 0.257 e. The molecule has 0 saturated carbocycles. The Hall–Kier alpha value is -2.91. The van der Waals surface area contributed by atoms with Crippen LogP contribution in [-0.4, -0.2) is 30.5 Å². The molecule has 0 unspecified atom stereocenters. The molecule has 0 radical (unpaired) electrons. The highest BCUT2D eigenvalue weighted by Crippen LogP contribution is 2.24. The van der Waals surface area contributed by atoms with Gasteiger partial charge in [0, 0.05) is 35.2 Å². The number of nitrogens with zero attached hydrogens (tertiary/aromatic N) is 1. The first-order valence-electron chi connectivity index (χ1n) is 8.47. The Morgan fingerprint density at radius 2 is 1.93 bits per heavy atom. The Bertz CT molecular complexity index is 1180. The van der Waals surface area contributed by atoms with E-state index >= 15 is 0 Å². The van der Waals surface area contributed by atoms with Gasteiger partial charge in [0.05, 0.1) is 23.2 Å². The summed E-state index contributed by atoms with van der Waals surface area (Å²) in [7, 11) is -3.49. The molecule has 1 amide bonds. The van der Waals surface area contributed by atoms with Gasteiger partial charge >= 0.3 is 0 Å². The molecule has 10 heteroatoms. The first-order valence-corrected chi connectivity index (χ1v) is 10.7. The van der Waals surface area contributed by atoms with Crippen molar-refractivity contribution in [2.45, 2.75) is 13.3 Å². The smallest absolute Gasteiger partial charge is 0.257 e. The molecule has 0 bridgehead atoms. The van der Waals surface area contributed by atoms with Crippen LogP contribution in [0.4, 0.5) is 15.8 Å². The summed E-state index contributed by atoms with van der Waals surface area (Å²) in [6.07, 6.45) is 4.30. The monoisotopic (exact) mass is 436 g/mol. The van der Waals surface area contributed by atoms with Gasteiger partial charge in [0.2, 0.25) is 10.0 Å². The van der Waals surface area contributed by atoms with Gasteiger partial charge in [-0.3, -0.25) is 14.5 Å². The van der Waals surface area contributed by atoms with Crippen LogP contribution in [0.3, 0.4) is 0 Å². The molecule has 0 saturated heterocycles. The van der Waals surface area contributed by atoms with Crippen LogP contribution in [0.25, 0.3) is 0 Å². The molecular weight excluding hydrogens is 419 g/mol. The van der Waals surface area contributed by atoms with Gasteiger partial charge in [-0.25, -0.2) is 12.8 Å². The molecule has 2 aromatic heterocycles. The maximum atomic E-state index is 14.0. The molecule has 2 heterocycles. The summed E-state index contributed by atoms with van der Waals surface area (Å²) in [4.78, 5) is 19.5. The van der Waals surface area contributed by atoms with Crippen LogP contribution in [0, 0.1) is 12.7 Å². The lowest BCUT2D eigenvalue weighted by molar-refractivity contribution is 0.102. The molecule has 29 heavy (non-hydrogen) atoms. The lowest BCUT2D eigenvalue weighted by atomic mass is 10.1. The highest BCUT2D eigenvalue weighted by atomic mass is 35.5. The number of sulfonamides is 1. The lowest BCUT2D eigenvalue weighted by Gasteiger charge is -2.09. The SMILES string of the molecule is Cc1cnc(Cc2cc(C(=O)Nc3cc(Cl)cc(NS(C)(=O)=O)c3)c[nH]2)c(F)c1. The third-order valence-corrected chi connectivity index (χ3v) is 4.70. The van der Waals surface area contributed by atoms with Crippen molar-refractivity contribution in [3.8, 4) is 0 Å². The lowest BCUT2D eigenvalue weighted by Crippen LogP contribution is -2.13. The largest absolute Gasteiger partial charge is 0.364 e. The van der Waals surface area contributed by atoms with E-state index in [4.69, 9.17) is 11.6 Å². The number of amides is 1. The van der Waals surface area contributed by atoms with Crippen LogP contribution in [0.1, 0.15) is 27.3 Å². The molecule has 0 atom stereocenters. The highest BCUT2D eigenvalue weighted by Gasteiger charge is 2.13. The van der Waals surface area contributed by atoms with E-state index in [0.717, 1.165) is 11.8 Å². The third kappa shape index (κ3) is 5.78. The number of H-pyrrole nitrogens is 1. The average molecular weight is 437 g/mol. The summed E-state index contributed by atoms with van der Waals surface area (Å²) in [5.41, 5.74) is 2.49. The van der Waals surface area contributed by atoms with Crippen molar-refractivity contribution in [2.24, 2.45) is 0 Å². The molecule has 0 aliphatic rings. The number of aromatic nitrogens is 2. The standard InChI is InChI=1S/C19H18ClFN4O3S/c1-11-3-17(21)18(23-9-11)8-14-4-12(10-22-14)19(26)24-15-5-13(20)6-16(7-15)25-29(2,27)28/h3-7,9-10,22,25H,8H2,1-2H3,(H,24,26). The van der Waals surface area contributed by atoms with Gasteiger partial charge in [-0.15, -0.1) is 0 Å². The third-order valence-electron chi connectivity index (χ3n) is 3.88. The van der Waals surface area contributed by atoms with Crippen molar-refractivity contribution in [1.29, 1.82) is 0 Å². The van der Waals surface area contributed by atoms with Crippen molar-refractivity contribution < 1.29 is 17.6 Å². The van der Waals surface area contributed by atoms with Crippen LogP contribution in [0.15, 0.2) is 42.7 Å². The quantitative estimate of drug-likeness (QED) is 0.547. The van der Waals surface area contributed by atoms with E-state index in [-0.39, 0.29) is 22.8 Å². The summed E-state index contributed by atoms with van der Waals surface area (Å²) in [6, 6.07) is 7.36. The minimum absolute atomic E-state index is 0.207. The Balaban J connectivity index is 1.73. The number of carbonyl (C=O) groups excluding carboxylic acids is 1. The number of pyridine rings is 1. The zero-order valence-corrected chi connectivity index (χ0v) is 17.2. The number of carbonyl (C=O) groups is 1. The molecular formula is C19H18ClFN4O3S. The van der Waals surface area contributed by atoms with E-state index in [9.17, 15) is 17.6 Å². The fourth-order valence-electron chi connectivity index (χ4n) is 2.69. The first-order chi connectivity index (χ1) is 13.6. The van der Waals surface area contributed by atoms with E-state index in [1.807, 2.05) is 0 Å². The van der Waals surface area contributed by atoms with Crippen molar-refractivity contribution >= 4 is 38.9 Å². The van der Waals surface area contributed by atoms with E-state index in [2.05, 4.69) is 20.0 Å². The van der Waals surface area contributed by atoms with Crippen molar-refractivity contribution in [2.75, 3.05) is 16.3 Å². The molecule has 0 fully saturated rings. The maximum absolute atomic E-state index is 14.0. The molecule has 3 rings (SSSR count). The van der Waals surface area contributed by atoms with Gasteiger partial charge in [0.25, 0.3) is 5.91 Å². The molecule has 1 aromatic carbocycles. The second kappa shape index (κ2) is 8.22. The first kappa shape index (κ1) is 20.8. The molecule has 3 N–H and O–H groups in total. The van der Waals surface area contributed by atoms with Gasteiger partial charge in [-0.1, -0.05) is 11.6 Å². The summed E-state index contributed by atoms with van der Waals surface area (Å²) in [6.45, 7) is 1.75. The Labute approximate surface area is 172 Å². The number of hydrogen-bond donors (Lipinski definition) is 3. The van der Waals surface area contributed by atoms with Crippen LogP contribution in [-0.2, 0) is 16.4 Å². The van der Waals surface area contributed by atoms with Gasteiger partial charge in [-0.05, 0) is 42.8 Å². The molecule has 3 aromatic rings. The number of benzene rings is 1. The van der Waals surface area contributed by atoms with Crippen LogP contribution in [0.5, 0.6) is 0 Å². The van der Waals surface area contributed by atoms with Gasteiger partial charge in [-0.2, -0.15) is 0 Å². The Morgan fingerprint density at radius 1 is 1.21 bits per heavy atom. The van der Waals surface area contributed by atoms with Gasteiger partial charge in [0.1, 0.15) is 5.82 Å². The second-order valence-corrected chi connectivity index (χ2v) is 8.77. The number of hydrogen-bond acceptors (Lipinski definition) is 4. The summed E-state index contributed by atoms with van der Waals surface area (Å²) < 4.78 is 39.0. The fraction of sp³-hybridized carbons (Fsp3) is 0.158. The van der Waals surface area contributed by atoms with Crippen molar-refractivity contribution in [3.05, 3.63) is 76.1 Å². The zero-order chi connectivity index (χ0) is 21.2. The average Bonchev–Trinajstić information content (AvgIpc) is 3.04. The van der Waals surface area contributed by atoms with Gasteiger partial charge in [0.15, 0.2) is 0 Å². The number of anilines is 2. The highest BCUT2D eigenvalue weighted by molar-refractivity contribution is 7.92. The van der Waals surface area contributed by atoms with Crippen molar-refractivity contribution in [3.63, 3.8) is 0 Å². The molecule has 7 nitrogen and oxygen atoms in total. The number of nitrogens with one attached hydrogen (secondary N) is 3. The van der Waals surface area contributed by atoms with E-state index in [0.29, 0.717) is 16.9 Å². The minimum atomic E-state index is -3.49.